The Morgan fingerprint density at radius 1 is 1.80 bits per heavy atom. The van der Waals surface area contributed by atoms with Crippen LogP contribution in [0.1, 0.15) is 6.42 Å². The van der Waals surface area contributed by atoms with Gasteiger partial charge in [0.05, 0.1) is 0 Å². The van der Waals surface area contributed by atoms with Crippen LogP contribution in [0, 0.1) is 0 Å². The van der Waals surface area contributed by atoms with E-state index in [1.54, 1.807) is 0 Å². The summed E-state index contributed by atoms with van der Waals surface area (Å²) in [6.07, 6.45) is 3.49. The summed E-state index contributed by atoms with van der Waals surface area (Å²) >= 11 is 0. The van der Waals surface area contributed by atoms with Gasteiger partial charge in [0.2, 0.25) is 0 Å². The molecule has 1 heterocycles. The molecular weight excluding hydrogens is 66.0 g/mol. The molecular formula is C3H4NO. The first-order valence-corrected chi connectivity index (χ1v) is 1.55. The molecule has 0 saturated heterocycles. The van der Waals surface area contributed by atoms with E-state index < -0.39 is 0 Å². The highest BCUT2D eigenvalue weighted by atomic mass is 16.6. The summed E-state index contributed by atoms with van der Waals surface area (Å²) in [5.74, 6) is 0. The molecule has 0 atom stereocenters. The lowest BCUT2D eigenvalue weighted by Gasteiger charge is -1.75. The van der Waals surface area contributed by atoms with Crippen LogP contribution in [0.15, 0.2) is 5.16 Å². The zero-order valence-corrected chi connectivity index (χ0v) is 2.77. The van der Waals surface area contributed by atoms with E-state index in [1.807, 2.05) is 0 Å². The normalized spacial score (nSPS) is 19.2. The van der Waals surface area contributed by atoms with E-state index in [0.717, 1.165) is 13.0 Å². The van der Waals surface area contributed by atoms with E-state index in [-0.39, 0.29) is 0 Å². The highest BCUT2D eigenvalue weighted by Gasteiger charge is 1.87. The lowest BCUT2D eigenvalue weighted by Crippen LogP contribution is -1.72. The maximum Gasteiger partial charge on any atom is 0.122 e. The van der Waals surface area contributed by atoms with E-state index in [9.17, 15) is 0 Å². The molecule has 1 aliphatic rings. The van der Waals surface area contributed by atoms with Crippen LogP contribution in [0.5, 0.6) is 0 Å². The van der Waals surface area contributed by atoms with Gasteiger partial charge in [0.1, 0.15) is 12.8 Å². The van der Waals surface area contributed by atoms with E-state index in [0.29, 0.717) is 0 Å². The Morgan fingerprint density at radius 3 is 3.00 bits per heavy atom. The topological polar surface area (TPSA) is 21.6 Å². The van der Waals surface area contributed by atoms with Crippen molar-refractivity contribution >= 4 is 6.21 Å². The number of hydrogen-bond donors (Lipinski definition) is 0. The van der Waals surface area contributed by atoms with E-state index >= 15 is 0 Å². The summed E-state index contributed by atoms with van der Waals surface area (Å²) < 4.78 is 0. The molecule has 0 aromatic carbocycles. The third-order valence-electron chi connectivity index (χ3n) is 0.434. The minimum absolute atomic E-state index is 0.722. The number of hydrogen-bond acceptors (Lipinski definition) is 2. The lowest BCUT2D eigenvalue weighted by atomic mass is 10.5. The highest BCUT2D eigenvalue weighted by molar-refractivity contribution is 5.57. The smallest absolute Gasteiger partial charge is 0.122 e. The van der Waals surface area contributed by atoms with Gasteiger partial charge in [0.15, 0.2) is 0 Å². The molecule has 0 aliphatic carbocycles. The monoisotopic (exact) mass is 70.0 g/mol. The Bertz CT molecular complexity index is 44.9. The molecule has 0 bridgehead atoms. The third-order valence-corrected chi connectivity index (χ3v) is 0.434. The number of rotatable bonds is 0. The van der Waals surface area contributed by atoms with Crippen molar-refractivity contribution in [1.29, 1.82) is 0 Å². The van der Waals surface area contributed by atoms with Gasteiger partial charge in [-0.05, 0) is 0 Å². The van der Waals surface area contributed by atoms with E-state index in [1.165, 1.54) is 0 Å². The summed E-state index contributed by atoms with van der Waals surface area (Å²) in [6, 6.07) is 0. The van der Waals surface area contributed by atoms with Crippen LogP contribution in [-0.4, -0.2) is 12.8 Å². The minimum Gasteiger partial charge on any atom is -0.395 e. The van der Waals surface area contributed by atoms with Crippen molar-refractivity contribution in [2.45, 2.75) is 6.42 Å². The fraction of sp³-hybridized carbons (Fsp3) is 0.667. The lowest BCUT2D eigenvalue weighted by molar-refractivity contribution is 0.174. The Hall–Kier alpha value is -0.530. The Labute approximate surface area is 30.4 Å². The molecule has 1 rings (SSSR count). The Kier molecular flexibility index (Phi) is 0.571. The van der Waals surface area contributed by atoms with Crippen molar-refractivity contribution in [3.8, 4) is 0 Å². The van der Waals surface area contributed by atoms with Crippen LogP contribution in [0.3, 0.4) is 0 Å². The fourth-order valence-corrected chi connectivity index (χ4v) is 0.228. The quantitative estimate of drug-likeness (QED) is 0.401. The molecule has 0 fully saturated rings. The summed E-state index contributed by atoms with van der Waals surface area (Å²) in [4.78, 5) is 4.46. The maximum atomic E-state index is 4.46. The summed E-state index contributed by atoms with van der Waals surface area (Å²) in [5.41, 5.74) is 0. The van der Waals surface area contributed by atoms with E-state index in [2.05, 4.69) is 16.2 Å². The second kappa shape index (κ2) is 1.06. The van der Waals surface area contributed by atoms with Gasteiger partial charge < -0.3 is 4.84 Å². The standard InChI is InChI=1S/C3H4NO/c1-2-4-5-3-1/h1,3H2. The summed E-state index contributed by atoms with van der Waals surface area (Å²) in [7, 11) is 0. The maximum absolute atomic E-state index is 4.46. The van der Waals surface area contributed by atoms with Gasteiger partial charge in [0, 0.05) is 6.42 Å². The molecule has 0 spiro atoms. The second-order valence-electron chi connectivity index (χ2n) is 0.833. The molecule has 27 valence electrons. The summed E-state index contributed by atoms with van der Waals surface area (Å²) in [6.45, 7) is 0.722. The van der Waals surface area contributed by atoms with Crippen LogP contribution in [0.25, 0.3) is 0 Å². The minimum atomic E-state index is 0.722. The van der Waals surface area contributed by atoms with Gasteiger partial charge in [-0.25, -0.2) is 0 Å². The fourth-order valence-electron chi connectivity index (χ4n) is 0.228. The highest BCUT2D eigenvalue weighted by Crippen LogP contribution is 1.86. The SMILES string of the molecule is [C]1=NOCC1. The van der Waals surface area contributed by atoms with Crippen molar-refractivity contribution < 1.29 is 4.84 Å². The second-order valence-corrected chi connectivity index (χ2v) is 0.833. The van der Waals surface area contributed by atoms with Crippen LogP contribution < -0.4 is 0 Å². The average molecular weight is 70.1 g/mol. The van der Waals surface area contributed by atoms with Gasteiger partial charge in [-0.15, -0.1) is 0 Å². The molecule has 0 unspecified atom stereocenters. The van der Waals surface area contributed by atoms with Crippen molar-refractivity contribution in [2.75, 3.05) is 6.61 Å². The molecule has 0 amide bonds. The zero-order valence-electron chi connectivity index (χ0n) is 2.77. The molecule has 0 saturated carbocycles. The average Bonchev–Trinajstić information content (AvgIpc) is 1.76. The predicted molar refractivity (Wildman–Crippen MR) is 18.0 cm³/mol. The van der Waals surface area contributed by atoms with Crippen molar-refractivity contribution in [2.24, 2.45) is 5.16 Å². The largest absolute Gasteiger partial charge is 0.395 e. The summed E-state index contributed by atoms with van der Waals surface area (Å²) in [5, 5.41) is 3.33. The molecule has 2 nitrogen and oxygen atoms in total. The number of nitrogens with zero attached hydrogens (tertiary/aromatic N) is 1. The van der Waals surface area contributed by atoms with Crippen LogP contribution in [0.2, 0.25) is 0 Å². The van der Waals surface area contributed by atoms with Crippen molar-refractivity contribution in [3.05, 3.63) is 0 Å². The molecule has 0 aromatic rings. The van der Waals surface area contributed by atoms with Crippen LogP contribution >= 0.6 is 0 Å². The van der Waals surface area contributed by atoms with Crippen molar-refractivity contribution in [3.63, 3.8) is 0 Å². The third kappa shape index (κ3) is 0.375. The van der Waals surface area contributed by atoms with Crippen LogP contribution in [0.4, 0.5) is 0 Å². The van der Waals surface area contributed by atoms with Gasteiger partial charge in [-0.1, -0.05) is 5.16 Å². The molecule has 0 aromatic heterocycles. The van der Waals surface area contributed by atoms with Crippen LogP contribution in [-0.2, 0) is 4.84 Å². The Morgan fingerprint density at radius 2 is 2.80 bits per heavy atom. The molecule has 5 heavy (non-hydrogen) atoms. The Balaban J connectivity index is 2.32. The van der Waals surface area contributed by atoms with Crippen molar-refractivity contribution in [1.82, 2.24) is 0 Å². The molecule has 1 aliphatic heterocycles. The molecule has 0 N–H and O–H groups in total. The van der Waals surface area contributed by atoms with E-state index in [4.69, 9.17) is 0 Å². The van der Waals surface area contributed by atoms with Gasteiger partial charge >= 0.3 is 0 Å². The zero-order chi connectivity index (χ0) is 3.54. The first kappa shape index (κ1) is 2.69. The van der Waals surface area contributed by atoms with Gasteiger partial charge in [-0.2, -0.15) is 0 Å². The first-order chi connectivity index (χ1) is 2.50. The molecule has 2 heteroatoms. The van der Waals surface area contributed by atoms with Gasteiger partial charge in [-0.3, -0.25) is 0 Å². The molecule has 1 radical (unpaired) electrons. The first-order valence-electron chi connectivity index (χ1n) is 1.55. The predicted octanol–water partition coefficient (Wildman–Crippen LogP) is 0.270. The van der Waals surface area contributed by atoms with Gasteiger partial charge in [0.25, 0.3) is 0 Å².